The van der Waals surface area contributed by atoms with Crippen LogP contribution in [0.25, 0.3) is 0 Å². The summed E-state index contributed by atoms with van der Waals surface area (Å²) in [5, 5.41) is 10.9. The molecule has 1 aromatic carbocycles. The van der Waals surface area contributed by atoms with Gasteiger partial charge in [0.15, 0.2) is 0 Å². The summed E-state index contributed by atoms with van der Waals surface area (Å²) in [5.74, 6) is 0. The number of rotatable bonds is 2. The van der Waals surface area contributed by atoms with Gasteiger partial charge in [-0.1, -0.05) is 12.1 Å². The van der Waals surface area contributed by atoms with E-state index in [0.29, 0.717) is 0 Å². The summed E-state index contributed by atoms with van der Waals surface area (Å²) in [6.07, 6.45) is 3.81. The number of aryl methyl sites for hydroxylation is 1. The molecular weight excluding hydrogens is 236 g/mol. The molecule has 5 heteroatoms. The minimum atomic E-state index is 0. The quantitative estimate of drug-likeness (QED) is 0.859. The van der Waals surface area contributed by atoms with Crippen LogP contribution in [0.2, 0.25) is 0 Å². The number of hydrogen-bond acceptors (Lipinski definition) is 3. The summed E-state index contributed by atoms with van der Waals surface area (Å²) in [4.78, 5) is 0. The van der Waals surface area contributed by atoms with E-state index in [4.69, 9.17) is 0 Å². The number of fused-ring (bicyclic) bond motifs is 1. The van der Waals surface area contributed by atoms with E-state index in [-0.39, 0.29) is 12.4 Å². The Bertz CT molecular complexity index is 521. The van der Waals surface area contributed by atoms with Gasteiger partial charge in [-0.2, -0.15) is 5.10 Å². The highest BCUT2D eigenvalue weighted by molar-refractivity contribution is 5.85. The van der Waals surface area contributed by atoms with E-state index in [1.54, 1.807) is 4.68 Å². The van der Waals surface area contributed by atoms with Crippen LogP contribution < -0.4 is 10.6 Å². The van der Waals surface area contributed by atoms with E-state index in [0.717, 1.165) is 18.8 Å². The van der Waals surface area contributed by atoms with Crippen molar-refractivity contribution in [3.05, 3.63) is 41.7 Å². The van der Waals surface area contributed by atoms with Gasteiger partial charge in [0.05, 0.1) is 11.9 Å². The van der Waals surface area contributed by atoms with Gasteiger partial charge in [0.1, 0.15) is 0 Å². The lowest BCUT2D eigenvalue weighted by Gasteiger charge is -2.08. The van der Waals surface area contributed by atoms with Crippen LogP contribution in [-0.4, -0.2) is 9.78 Å². The Morgan fingerprint density at radius 3 is 3.00 bits per heavy atom. The van der Waals surface area contributed by atoms with Gasteiger partial charge in [-0.15, -0.1) is 12.4 Å². The lowest BCUT2D eigenvalue weighted by molar-refractivity contribution is 0.765. The molecule has 2 heterocycles. The van der Waals surface area contributed by atoms with Gasteiger partial charge < -0.3 is 10.6 Å². The SMILES string of the molecule is Cl.Cn1cc(Nc2cccc3c2CNC3)cn1. The second-order valence-corrected chi connectivity index (χ2v) is 4.07. The molecule has 2 N–H and O–H groups in total. The van der Waals surface area contributed by atoms with E-state index in [9.17, 15) is 0 Å². The van der Waals surface area contributed by atoms with Crippen molar-refractivity contribution in [1.29, 1.82) is 0 Å². The highest BCUT2D eigenvalue weighted by Gasteiger charge is 2.13. The molecule has 3 rings (SSSR count). The molecule has 1 aromatic heterocycles. The summed E-state index contributed by atoms with van der Waals surface area (Å²) in [7, 11) is 1.92. The first kappa shape index (κ1) is 12.0. The van der Waals surface area contributed by atoms with E-state index < -0.39 is 0 Å². The zero-order chi connectivity index (χ0) is 11.0. The number of nitrogens with zero attached hydrogens (tertiary/aromatic N) is 2. The Balaban J connectivity index is 0.00000108. The maximum absolute atomic E-state index is 4.14. The first-order valence-corrected chi connectivity index (χ1v) is 5.40. The van der Waals surface area contributed by atoms with Crippen LogP contribution in [0, 0.1) is 0 Å². The zero-order valence-corrected chi connectivity index (χ0v) is 10.4. The van der Waals surface area contributed by atoms with Crippen molar-refractivity contribution >= 4 is 23.8 Å². The maximum atomic E-state index is 4.14. The standard InChI is InChI=1S/C12H14N4.ClH/c1-16-8-10(6-14-16)15-12-4-2-3-9-5-13-7-11(9)12;/h2-4,6,8,13,15H,5,7H2,1H3;1H. The number of nitrogens with one attached hydrogen (secondary N) is 2. The first-order valence-electron chi connectivity index (χ1n) is 5.40. The van der Waals surface area contributed by atoms with Crippen LogP contribution in [0.5, 0.6) is 0 Å². The average Bonchev–Trinajstić information content (AvgIpc) is 2.87. The van der Waals surface area contributed by atoms with Gasteiger partial charge in [0.25, 0.3) is 0 Å². The Morgan fingerprint density at radius 1 is 1.35 bits per heavy atom. The predicted octanol–water partition coefficient (Wildman–Crippen LogP) is 2.19. The van der Waals surface area contributed by atoms with Gasteiger partial charge in [0.2, 0.25) is 0 Å². The molecule has 0 fully saturated rings. The van der Waals surface area contributed by atoms with E-state index in [1.807, 2.05) is 19.4 Å². The van der Waals surface area contributed by atoms with Crippen LogP contribution in [0.15, 0.2) is 30.6 Å². The van der Waals surface area contributed by atoms with E-state index in [2.05, 4.69) is 33.9 Å². The Hall–Kier alpha value is -1.52. The van der Waals surface area contributed by atoms with E-state index in [1.165, 1.54) is 16.8 Å². The largest absolute Gasteiger partial charge is 0.353 e. The Kier molecular flexibility index (Phi) is 3.36. The minimum absolute atomic E-state index is 0. The molecule has 0 unspecified atom stereocenters. The highest BCUT2D eigenvalue weighted by atomic mass is 35.5. The highest BCUT2D eigenvalue weighted by Crippen LogP contribution is 2.26. The molecule has 0 aliphatic carbocycles. The summed E-state index contributed by atoms with van der Waals surface area (Å²) < 4.78 is 1.80. The fourth-order valence-electron chi connectivity index (χ4n) is 2.09. The molecule has 0 amide bonds. The average molecular weight is 251 g/mol. The number of halogens is 1. The topological polar surface area (TPSA) is 41.9 Å². The third-order valence-corrected chi connectivity index (χ3v) is 2.87. The number of benzene rings is 1. The van der Waals surface area contributed by atoms with Gasteiger partial charge in [-0.25, -0.2) is 0 Å². The predicted molar refractivity (Wildman–Crippen MR) is 70.7 cm³/mol. The molecule has 90 valence electrons. The van der Waals surface area contributed by atoms with E-state index >= 15 is 0 Å². The molecule has 1 aliphatic rings. The van der Waals surface area contributed by atoms with Gasteiger partial charge in [-0.3, -0.25) is 4.68 Å². The molecule has 0 saturated heterocycles. The number of aromatic nitrogens is 2. The van der Waals surface area contributed by atoms with Crippen LogP contribution in [0.3, 0.4) is 0 Å². The molecule has 2 aromatic rings. The van der Waals surface area contributed by atoms with Gasteiger partial charge in [0, 0.05) is 32.0 Å². The molecule has 4 nitrogen and oxygen atoms in total. The van der Waals surface area contributed by atoms with Gasteiger partial charge >= 0.3 is 0 Å². The molecule has 0 saturated carbocycles. The number of hydrogen-bond donors (Lipinski definition) is 2. The molecule has 0 atom stereocenters. The normalized spacial score (nSPS) is 13.0. The van der Waals surface area contributed by atoms with Crippen LogP contribution >= 0.6 is 12.4 Å². The molecule has 1 aliphatic heterocycles. The molecule has 0 radical (unpaired) electrons. The molecule has 0 spiro atoms. The van der Waals surface area contributed by atoms with Crippen LogP contribution in [0.4, 0.5) is 11.4 Å². The first-order chi connectivity index (χ1) is 7.83. The molecule has 17 heavy (non-hydrogen) atoms. The second kappa shape index (κ2) is 4.77. The van der Waals surface area contributed by atoms with Gasteiger partial charge in [-0.05, 0) is 17.2 Å². The lowest BCUT2D eigenvalue weighted by atomic mass is 10.1. The Morgan fingerprint density at radius 2 is 2.24 bits per heavy atom. The van der Waals surface area contributed by atoms with Crippen molar-refractivity contribution in [3.63, 3.8) is 0 Å². The summed E-state index contributed by atoms with van der Waals surface area (Å²) in [6.45, 7) is 1.91. The lowest BCUT2D eigenvalue weighted by Crippen LogP contribution is -2.01. The van der Waals surface area contributed by atoms with Crippen molar-refractivity contribution < 1.29 is 0 Å². The van der Waals surface area contributed by atoms with Crippen molar-refractivity contribution in [2.45, 2.75) is 13.1 Å². The summed E-state index contributed by atoms with van der Waals surface area (Å²) in [6, 6.07) is 6.37. The zero-order valence-electron chi connectivity index (χ0n) is 9.60. The van der Waals surface area contributed by atoms with Crippen molar-refractivity contribution in [2.24, 2.45) is 7.05 Å². The fraction of sp³-hybridized carbons (Fsp3) is 0.250. The van der Waals surface area contributed by atoms with Crippen LogP contribution in [-0.2, 0) is 20.1 Å². The molecular formula is C12H15ClN4. The fourth-order valence-corrected chi connectivity index (χ4v) is 2.09. The van der Waals surface area contributed by atoms with Crippen molar-refractivity contribution in [2.75, 3.05) is 5.32 Å². The third kappa shape index (κ3) is 2.28. The smallest absolute Gasteiger partial charge is 0.0770 e. The number of anilines is 2. The Labute approximate surface area is 106 Å². The molecule has 0 bridgehead atoms. The van der Waals surface area contributed by atoms with Crippen LogP contribution in [0.1, 0.15) is 11.1 Å². The van der Waals surface area contributed by atoms with Crippen molar-refractivity contribution in [3.8, 4) is 0 Å². The monoisotopic (exact) mass is 250 g/mol. The third-order valence-electron chi connectivity index (χ3n) is 2.87. The maximum Gasteiger partial charge on any atom is 0.0770 e. The summed E-state index contributed by atoms with van der Waals surface area (Å²) in [5.41, 5.74) is 4.96. The minimum Gasteiger partial charge on any atom is -0.353 e. The second-order valence-electron chi connectivity index (χ2n) is 4.07. The van der Waals surface area contributed by atoms with Crippen molar-refractivity contribution in [1.82, 2.24) is 15.1 Å². The summed E-state index contributed by atoms with van der Waals surface area (Å²) >= 11 is 0.